The number of carbonyl (C=O) groups is 1. The standard InChI is InChI=1S/C22H26FN5O2/c23-18-3-1-17(2-4-18)22(6-7-22)20(29)27-11-9-26(10-12-27)19-5-8-24-21(25-19)28-13-15-30-16-14-28/h1-5,8H,6-7,9-16H2. The highest BCUT2D eigenvalue weighted by Crippen LogP contribution is 2.49. The summed E-state index contributed by atoms with van der Waals surface area (Å²) < 4.78 is 18.7. The highest BCUT2D eigenvalue weighted by Gasteiger charge is 2.53. The summed E-state index contributed by atoms with van der Waals surface area (Å²) in [5, 5.41) is 0. The summed E-state index contributed by atoms with van der Waals surface area (Å²) in [6.07, 6.45) is 3.48. The first-order valence-electron chi connectivity index (χ1n) is 10.6. The number of rotatable bonds is 4. The summed E-state index contributed by atoms with van der Waals surface area (Å²) in [7, 11) is 0. The van der Waals surface area contributed by atoms with Crippen molar-refractivity contribution >= 4 is 17.7 Å². The molecule has 1 aromatic carbocycles. The zero-order valence-corrected chi connectivity index (χ0v) is 17.0. The topological polar surface area (TPSA) is 61.8 Å². The summed E-state index contributed by atoms with van der Waals surface area (Å²) in [6, 6.07) is 8.33. The number of hydrogen-bond acceptors (Lipinski definition) is 6. The van der Waals surface area contributed by atoms with Gasteiger partial charge in [-0.2, -0.15) is 4.98 Å². The molecule has 0 spiro atoms. The van der Waals surface area contributed by atoms with Crippen LogP contribution < -0.4 is 9.80 Å². The van der Waals surface area contributed by atoms with E-state index in [9.17, 15) is 9.18 Å². The van der Waals surface area contributed by atoms with Gasteiger partial charge in [0.2, 0.25) is 11.9 Å². The Morgan fingerprint density at radius 2 is 1.63 bits per heavy atom. The van der Waals surface area contributed by atoms with Crippen LogP contribution in [0.1, 0.15) is 18.4 Å². The molecule has 0 bridgehead atoms. The van der Waals surface area contributed by atoms with Gasteiger partial charge in [-0.3, -0.25) is 4.79 Å². The van der Waals surface area contributed by atoms with Gasteiger partial charge >= 0.3 is 0 Å². The minimum Gasteiger partial charge on any atom is -0.378 e. The zero-order valence-electron chi connectivity index (χ0n) is 17.0. The Morgan fingerprint density at radius 1 is 0.933 bits per heavy atom. The summed E-state index contributed by atoms with van der Waals surface area (Å²) >= 11 is 0. The van der Waals surface area contributed by atoms with Crippen molar-refractivity contribution in [2.45, 2.75) is 18.3 Å². The van der Waals surface area contributed by atoms with Gasteiger partial charge in [-0.05, 0) is 36.6 Å². The number of benzene rings is 1. The third-order valence-electron chi connectivity index (χ3n) is 6.37. The minimum atomic E-state index is -0.450. The monoisotopic (exact) mass is 411 g/mol. The Hall–Kier alpha value is -2.74. The Morgan fingerprint density at radius 3 is 2.30 bits per heavy atom. The fourth-order valence-corrected chi connectivity index (χ4v) is 4.39. The van der Waals surface area contributed by atoms with Crippen LogP contribution in [0.5, 0.6) is 0 Å². The molecule has 1 amide bonds. The van der Waals surface area contributed by atoms with E-state index in [1.807, 2.05) is 11.0 Å². The van der Waals surface area contributed by atoms with E-state index in [4.69, 9.17) is 9.72 Å². The summed E-state index contributed by atoms with van der Waals surface area (Å²) in [6.45, 7) is 5.82. The second-order valence-electron chi connectivity index (χ2n) is 8.18. The highest BCUT2D eigenvalue weighted by molar-refractivity contribution is 5.91. The number of ether oxygens (including phenoxy) is 1. The van der Waals surface area contributed by atoms with Crippen molar-refractivity contribution in [2.24, 2.45) is 0 Å². The van der Waals surface area contributed by atoms with Crippen molar-refractivity contribution in [3.8, 4) is 0 Å². The van der Waals surface area contributed by atoms with Crippen LogP contribution in [0.3, 0.4) is 0 Å². The third-order valence-corrected chi connectivity index (χ3v) is 6.37. The van der Waals surface area contributed by atoms with Gasteiger partial charge in [-0.1, -0.05) is 12.1 Å². The molecule has 3 aliphatic rings. The number of halogens is 1. The number of piperazine rings is 1. The van der Waals surface area contributed by atoms with Gasteiger partial charge in [0.1, 0.15) is 11.6 Å². The molecule has 2 aliphatic heterocycles. The number of amides is 1. The number of anilines is 2. The maximum absolute atomic E-state index is 13.3. The number of carbonyl (C=O) groups excluding carboxylic acids is 1. The van der Waals surface area contributed by atoms with Gasteiger partial charge in [0.15, 0.2) is 0 Å². The molecule has 1 aromatic heterocycles. The Labute approximate surface area is 175 Å². The Balaban J connectivity index is 1.23. The lowest BCUT2D eigenvalue weighted by Gasteiger charge is -2.37. The lowest BCUT2D eigenvalue weighted by Crippen LogP contribution is -2.52. The summed E-state index contributed by atoms with van der Waals surface area (Å²) in [4.78, 5) is 28.7. The Kier molecular flexibility index (Phi) is 5.02. The predicted octanol–water partition coefficient (Wildman–Crippen LogP) is 1.83. The van der Waals surface area contributed by atoms with E-state index in [1.165, 1.54) is 12.1 Å². The number of hydrogen-bond donors (Lipinski definition) is 0. The molecule has 3 fully saturated rings. The number of nitrogens with zero attached hydrogens (tertiary/aromatic N) is 5. The average molecular weight is 411 g/mol. The smallest absolute Gasteiger partial charge is 0.233 e. The summed E-state index contributed by atoms with van der Waals surface area (Å²) in [5.41, 5.74) is 0.483. The van der Waals surface area contributed by atoms with E-state index in [2.05, 4.69) is 14.8 Å². The van der Waals surface area contributed by atoms with Gasteiger partial charge < -0.3 is 19.4 Å². The molecule has 1 aliphatic carbocycles. The van der Waals surface area contributed by atoms with Gasteiger partial charge in [0, 0.05) is 45.5 Å². The molecule has 5 rings (SSSR count). The number of aromatic nitrogens is 2. The number of morpholine rings is 1. The first-order chi connectivity index (χ1) is 14.7. The predicted molar refractivity (Wildman–Crippen MR) is 111 cm³/mol. The van der Waals surface area contributed by atoms with Crippen molar-refractivity contribution in [1.29, 1.82) is 0 Å². The van der Waals surface area contributed by atoms with Crippen LogP contribution in [0, 0.1) is 5.82 Å². The van der Waals surface area contributed by atoms with E-state index < -0.39 is 5.41 Å². The van der Waals surface area contributed by atoms with Crippen molar-refractivity contribution in [3.05, 3.63) is 47.9 Å². The van der Waals surface area contributed by atoms with E-state index in [0.717, 1.165) is 56.4 Å². The van der Waals surface area contributed by atoms with E-state index in [-0.39, 0.29) is 11.7 Å². The SMILES string of the molecule is O=C(N1CCN(c2ccnc(N3CCOCC3)n2)CC1)C1(c2ccc(F)cc2)CC1. The first kappa shape index (κ1) is 19.2. The van der Waals surface area contributed by atoms with Crippen LogP contribution >= 0.6 is 0 Å². The molecule has 0 N–H and O–H groups in total. The van der Waals surface area contributed by atoms with Gasteiger partial charge in [0.25, 0.3) is 0 Å². The lowest BCUT2D eigenvalue weighted by atomic mass is 9.94. The second-order valence-corrected chi connectivity index (χ2v) is 8.18. The molecule has 158 valence electrons. The minimum absolute atomic E-state index is 0.172. The molecule has 1 saturated carbocycles. The van der Waals surface area contributed by atoms with Crippen LogP contribution in [0.25, 0.3) is 0 Å². The zero-order chi connectivity index (χ0) is 20.6. The second kappa shape index (κ2) is 7.83. The fraction of sp³-hybridized carbons (Fsp3) is 0.500. The molecule has 2 aromatic rings. The molecule has 30 heavy (non-hydrogen) atoms. The Bertz CT molecular complexity index is 904. The van der Waals surface area contributed by atoms with Gasteiger partial charge in [-0.15, -0.1) is 0 Å². The highest BCUT2D eigenvalue weighted by atomic mass is 19.1. The maximum Gasteiger partial charge on any atom is 0.233 e. The van der Waals surface area contributed by atoms with Gasteiger partial charge in [-0.25, -0.2) is 9.37 Å². The molecule has 2 saturated heterocycles. The molecular weight excluding hydrogens is 385 g/mol. The normalized spacial score (nSPS) is 20.9. The van der Waals surface area contributed by atoms with Crippen molar-refractivity contribution in [2.75, 3.05) is 62.3 Å². The van der Waals surface area contributed by atoms with Crippen LogP contribution in [-0.2, 0) is 14.9 Å². The first-order valence-corrected chi connectivity index (χ1v) is 10.6. The largest absolute Gasteiger partial charge is 0.378 e. The van der Waals surface area contributed by atoms with Crippen molar-refractivity contribution in [3.63, 3.8) is 0 Å². The fourth-order valence-electron chi connectivity index (χ4n) is 4.39. The lowest BCUT2D eigenvalue weighted by molar-refractivity contribution is -0.134. The molecule has 0 atom stereocenters. The van der Waals surface area contributed by atoms with Gasteiger partial charge in [0.05, 0.1) is 18.6 Å². The van der Waals surface area contributed by atoms with Crippen LogP contribution in [0.4, 0.5) is 16.2 Å². The maximum atomic E-state index is 13.3. The van der Waals surface area contributed by atoms with E-state index >= 15 is 0 Å². The molecule has 8 heteroatoms. The van der Waals surface area contributed by atoms with Crippen LogP contribution in [-0.4, -0.2) is 73.3 Å². The third kappa shape index (κ3) is 3.60. The quantitative estimate of drug-likeness (QED) is 0.765. The van der Waals surface area contributed by atoms with Crippen molar-refractivity contribution in [1.82, 2.24) is 14.9 Å². The van der Waals surface area contributed by atoms with Crippen molar-refractivity contribution < 1.29 is 13.9 Å². The molecular formula is C22H26FN5O2. The van der Waals surface area contributed by atoms with Crippen LogP contribution in [0.15, 0.2) is 36.5 Å². The molecule has 7 nitrogen and oxygen atoms in total. The molecule has 0 radical (unpaired) electrons. The van der Waals surface area contributed by atoms with E-state index in [1.54, 1.807) is 18.3 Å². The molecule has 0 unspecified atom stereocenters. The molecule has 3 heterocycles. The van der Waals surface area contributed by atoms with E-state index in [0.29, 0.717) is 26.3 Å². The summed E-state index contributed by atoms with van der Waals surface area (Å²) in [5.74, 6) is 1.54. The average Bonchev–Trinajstić information content (AvgIpc) is 3.62. The van der Waals surface area contributed by atoms with Crippen LogP contribution in [0.2, 0.25) is 0 Å².